The first-order valence-electron chi connectivity index (χ1n) is 5.37. The third-order valence-electron chi connectivity index (χ3n) is 2.25. The van der Waals surface area contributed by atoms with E-state index < -0.39 is 0 Å². The van der Waals surface area contributed by atoms with Gasteiger partial charge in [-0.2, -0.15) is 0 Å². The van der Waals surface area contributed by atoms with Gasteiger partial charge in [-0.15, -0.1) is 0 Å². The molecule has 0 saturated carbocycles. The van der Waals surface area contributed by atoms with Gasteiger partial charge in [-0.05, 0) is 24.0 Å². The van der Waals surface area contributed by atoms with Gasteiger partial charge in [0.25, 0.3) is 0 Å². The van der Waals surface area contributed by atoms with Gasteiger partial charge in [0.2, 0.25) is 0 Å². The summed E-state index contributed by atoms with van der Waals surface area (Å²) in [5.74, 6) is 0. The van der Waals surface area contributed by atoms with Crippen LogP contribution in [-0.4, -0.2) is 9.97 Å². The van der Waals surface area contributed by atoms with Crippen LogP contribution in [-0.2, 0) is 12.8 Å². The molecule has 0 atom stereocenters. The van der Waals surface area contributed by atoms with Gasteiger partial charge in [0.15, 0.2) is 0 Å². The van der Waals surface area contributed by atoms with Crippen LogP contribution in [0.2, 0.25) is 0 Å². The Hall–Kier alpha value is -1.57. The lowest BCUT2D eigenvalue weighted by Crippen LogP contribution is -1.81. The molecule has 1 aromatic heterocycles. The zero-order valence-corrected chi connectivity index (χ0v) is 9.40. The van der Waals surface area contributed by atoms with Crippen molar-refractivity contribution in [2.45, 2.75) is 26.7 Å². The van der Waals surface area contributed by atoms with Crippen LogP contribution in [0.15, 0.2) is 43.0 Å². The maximum absolute atomic E-state index is 3.67. The standard InChI is InChI=1S/C10H14.C3H4N2/c1-3-9-5-7-10(4-2)8-6-9;1-2-5-3-4-1/h5-8H,3-4H2,1-2H3;1-3H,(H,4,5). The molecule has 1 heterocycles. The average Bonchev–Trinajstić information content (AvgIpc) is 2.88. The molecule has 2 nitrogen and oxygen atoms in total. The van der Waals surface area contributed by atoms with Crippen LogP contribution >= 0.6 is 0 Å². The second kappa shape index (κ2) is 6.82. The van der Waals surface area contributed by atoms with Crippen molar-refractivity contribution < 1.29 is 0 Å². The van der Waals surface area contributed by atoms with E-state index >= 15 is 0 Å². The van der Waals surface area contributed by atoms with Crippen molar-refractivity contribution in [1.82, 2.24) is 9.97 Å². The molecule has 0 unspecified atom stereocenters. The molecule has 0 radical (unpaired) electrons. The number of benzene rings is 1. The molecular weight excluding hydrogens is 184 g/mol. The Labute approximate surface area is 91.4 Å². The second-order valence-electron chi connectivity index (χ2n) is 3.28. The van der Waals surface area contributed by atoms with E-state index in [0.29, 0.717) is 0 Å². The summed E-state index contributed by atoms with van der Waals surface area (Å²) in [5, 5.41) is 0. The van der Waals surface area contributed by atoms with Gasteiger partial charge in [-0.25, -0.2) is 4.98 Å². The molecule has 2 heteroatoms. The monoisotopic (exact) mass is 202 g/mol. The minimum absolute atomic E-state index is 1.14. The first kappa shape index (κ1) is 11.5. The zero-order valence-electron chi connectivity index (χ0n) is 9.40. The fourth-order valence-corrected chi connectivity index (χ4v) is 1.23. The molecule has 0 fully saturated rings. The number of aromatic nitrogens is 2. The van der Waals surface area contributed by atoms with Crippen LogP contribution in [0.25, 0.3) is 0 Å². The van der Waals surface area contributed by atoms with Crippen molar-refractivity contribution in [2.24, 2.45) is 0 Å². The number of rotatable bonds is 2. The predicted molar refractivity (Wildman–Crippen MR) is 63.8 cm³/mol. The predicted octanol–water partition coefficient (Wildman–Crippen LogP) is 3.22. The molecule has 80 valence electrons. The molecule has 0 amide bonds. The van der Waals surface area contributed by atoms with E-state index in [0.717, 1.165) is 12.8 Å². The van der Waals surface area contributed by atoms with Crippen LogP contribution in [0.3, 0.4) is 0 Å². The van der Waals surface area contributed by atoms with Crippen LogP contribution in [0.5, 0.6) is 0 Å². The van der Waals surface area contributed by atoms with E-state index in [1.54, 1.807) is 18.7 Å². The number of imidazole rings is 1. The molecule has 0 aliphatic heterocycles. The van der Waals surface area contributed by atoms with Gasteiger partial charge < -0.3 is 4.98 Å². The molecule has 0 aliphatic carbocycles. The number of aromatic amines is 1. The number of aryl methyl sites for hydroxylation is 2. The van der Waals surface area contributed by atoms with Gasteiger partial charge in [-0.3, -0.25) is 0 Å². The van der Waals surface area contributed by atoms with E-state index in [-0.39, 0.29) is 0 Å². The third-order valence-corrected chi connectivity index (χ3v) is 2.25. The van der Waals surface area contributed by atoms with Crippen LogP contribution in [0, 0.1) is 0 Å². The van der Waals surface area contributed by atoms with E-state index in [4.69, 9.17) is 0 Å². The van der Waals surface area contributed by atoms with Crippen molar-refractivity contribution in [3.8, 4) is 0 Å². The highest BCUT2D eigenvalue weighted by atomic mass is 14.8. The smallest absolute Gasteiger partial charge is 0.0919 e. The van der Waals surface area contributed by atoms with E-state index in [2.05, 4.69) is 48.1 Å². The minimum atomic E-state index is 1.14. The molecule has 0 bridgehead atoms. The first-order valence-corrected chi connectivity index (χ1v) is 5.37. The van der Waals surface area contributed by atoms with Gasteiger partial charge in [0.05, 0.1) is 6.33 Å². The SMILES string of the molecule is CCc1ccc(CC)cc1.c1c[nH]cn1. The Morgan fingerprint density at radius 1 is 1.00 bits per heavy atom. The largest absolute Gasteiger partial charge is 0.351 e. The Morgan fingerprint density at radius 2 is 1.53 bits per heavy atom. The molecule has 1 aromatic carbocycles. The van der Waals surface area contributed by atoms with Crippen molar-refractivity contribution in [3.05, 3.63) is 54.1 Å². The van der Waals surface area contributed by atoms with Crippen LogP contribution in [0.4, 0.5) is 0 Å². The number of H-pyrrole nitrogens is 1. The lowest BCUT2D eigenvalue weighted by Gasteiger charge is -1.97. The van der Waals surface area contributed by atoms with Gasteiger partial charge >= 0.3 is 0 Å². The molecule has 0 aliphatic rings. The summed E-state index contributed by atoms with van der Waals surface area (Å²) >= 11 is 0. The third kappa shape index (κ3) is 4.45. The Balaban J connectivity index is 0.000000187. The summed E-state index contributed by atoms with van der Waals surface area (Å²) in [6.07, 6.45) is 7.37. The Kier molecular flexibility index (Phi) is 5.23. The molecule has 0 spiro atoms. The van der Waals surface area contributed by atoms with Crippen LogP contribution in [0.1, 0.15) is 25.0 Å². The number of hydrogen-bond acceptors (Lipinski definition) is 1. The summed E-state index contributed by atoms with van der Waals surface area (Å²) in [6, 6.07) is 8.83. The second-order valence-corrected chi connectivity index (χ2v) is 3.28. The van der Waals surface area contributed by atoms with Crippen molar-refractivity contribution >= 4 is 0 Å². The highest BCUT2D eigenvalue weighted by Crippen LogP contribution is 2.04. The number of nitrogens with zero attached hydrogens (tertiary/aromatic N) is 1. The Bertz CT molecular complexity index is 295. The van der Waals surface area contributed by atoms with Crippen LogP contribution < -0.4 is 0 Å². The summed E-state index contributed by atoms with van der Waals surface area (Å²) in [7, 11) is 0. The van der Waals surface area contributed by atoms with Gasteiger partial charge in [0.1, 0.15) is 0 Å². The lowest BCUT2D eigenvalue weighted by molar-refractivity contribution is 1.10. The van der Waals surface area contributed by atoms with E-state index in [9.17, 15) is 0 Å². The maximum atomic E-state index is 3.67. The van der Waals surface area contributed by atoms with E-state index in [1.165, 1.54) is 11.1 Å². The number of nitrogens with one attached hydrogen (secondary N) is 1. The van der Waals surface area contributed by atoms with Gasteiger partial charge in [-0.1, -0.05) is 38.1 Å². The molecule has 1 N–H and O–H groups in total. The van der Waals surface area contributed by atoms with Crippen molar-refractivity contribution in [3.63, 3.8) is 0 Å². The number of hydrogen-bond donors (Lipinski definition) is 1. The summed E-state index contributed by atoms with van der Waals surface area (Å²) in [4.78, 5) is 6.42. The summed E-state index contributed by atoms with van der Waals surface area (Å²) < 4.78 is 0. The first-order chi connectivity index (χ1) is 7.36. The molecule has 0 saturated heterocycles. The summed E-state index contributed by atoms with van der Waals surface area (Å²) in [5.41, 5.74) is 2.86. The quantitative estimate of drug-likeness (QED) is 0.795. The Morgan fingerprint density at radius 3 is 1.73 bits per heavy atom. The summed E-state index contributed by atoms with van der Waals surface area (Å²) in [6.45, 7) is 4.36. The topological polar surface area (TPSA) is 28.7 Å². The minimum Gasteiger partial charge on any atom is -0.351 e. The highest BCUT2D eigenvalue weighted by molar-refractivity contribution is 5.22. The van der Waals surface area contributed by atoms with E-state index in [1.807, 2.05) is 0 Å². The molecule has 2 aromatic rings. The fourth-order valence-electron chi connectivity index (χ4n) is 1.23. The highest BCUT2D eigenvalue weighted by Gasteiger charge is 1.88. The fraction of sp³-hybridized carbons (Fsp3) is 0.308. The van der Waals surface area contributed by atoms with Crippen molar-refractivity contribution in [2.75, 3.05) is 0 Å². The molecule has 2 rings (SSSR count). The maximum Gasteiger partial charge on any atom is 0.0919 e. The van der Waals surface area contributed by atoms with Crippen molar-refractivity contribution in [1.29, 1.82) is 0 Å². The zero-order chi connectivity index (χ0) is 10.9. The molecular formula is C13H18N2. The molecule has 15 heavy (non-hydrogen) atoms. The lowest BCUT2D eigenvalue weighted by atomic mass is 10.1. The van der Waals surface area contributed by atoms with Gasteiger partial charge in [0, 0.05) is 12.4 Å². The average molecular weight is 202 g/mol. The normalized spacial score (nSPS) is 9.20.